The van der Waals surface area contributed by atoms with Gasteiger partial charge in [-0.05, 0) is 55.8 Å². The minimum atomic E-state index is -0.191. The Morgan fingerprint density at radius 2 is 1.85 bits per heavy atom. The van der Waals surface area contributed by atoms with Crippen molar-refractivity contribution in [1.29, 1.82) is 0 Å². The van der Waals surface area contributed by atoms with Crippen LogP contribution in [0.1, 0.15) is 31.9 Å². The van der Waals surface area contributed by atoms with E-state index in [1.807, 2.05) is 6.07 Å². The smallest absolute Gasteiger partial charge is 0.124 e. The van der Waals surface area contributed by atoms with Crippen LogP contribution in [0.15, 0.2) is 58.3 Å². The Hall–Kier alpha value is -1.32. The zero-order valence-corrected chi connectivity index (χ0v) is 12.7. The summed E-state index contributed by atoms with van der Waals surface area (Å²) < 4.78 is 13.1. The van der Waals surface area contributed by atoms with Gasteiger partial charge in [-0.15, -0.1) is 0 Å². The molecule has 2 aromatic carbocycles. The molecule has 0 spiro atoms. The van der Waals surface area contributed by atoms with Gasteiger partial charge >= 0.3 is 0 Å². The van der Waals surface area contributed by atoms with Crippen LogP contribution in [0, 0.1) is 5.82 Å². The average molecular weight is 289 g/mol. The van der Waals surface area contributed by atoms with Gasteiger partial charge in [0.05, 0.1) is 0 Å². The van der Waals surface area contributed by atoms with Crippen molar-refractivity contribution < 1.29 is 4.39 Å². The first-order chi connectivity index (χ1) is 9.69. The summed E-state index contributed by atoms with van der Waals surface area (Å²) in [6, 6.07) is 15.5. The maximum Gasteiger partial charge on any atom is 0.124 e. The molecule has 0 saturated heterocycles. The first-order valence-corrected chi connectivity index (χ1v) is 7.77. The molecule has 0 heterocycles. The second-order valence-corrected chi connectivity index (χ2v) is 5.95. The van der Waals surface area contributed by atoms with E-state index in [1.165, 1.54) is 11.6 Å². The first kappa shape index (κ1) is 15.1. The van der Waals surface area contributed by atoms with Crippen LogP contribution >= 0.6 is 11.8 Å². The molecule has 1 unspecified atom stereocenters. The highest BCUT2D eigenvalue weighted by Crippen LogP contribution is 2.28. The second-order valence-electron chi connectivity index (χ2n) is 4.80. The number of hydrogen-bond donors (Lipinski definition) is 1. The number of nitrogens with one attached hydrogen (secondary N) is 1. The fraction of sp³-hybridized carbons (Fsp3) is 0.294. The van der Waals surface area contributed by atoms with E-state index in [0.717, 1.165) is 22.8 Å². The number of rotatable bonds is 6. The van der Waals surface area contributed by atoms with Gasteiger partial charge in [0, 0.05) is 15.8 Å². The first-order valence-electron chi connectivity index (χ1n) is 6.96. The molecule has 0 radical (unpaired) electrons. The Morgan fingerprint density at radius 1 is 1.10 bits per heavy atom. The zero-order valence-electron chi connectivity index (χ0n) is 11.9. The third kappa shape index (κ3) is 4.36. The number of benzene rings is 2. The molecule has 20 heavy (non-hydrogen) atoms. The van der Waals surface area contributed by atoms with Crippen molar-refractivity contribution in [3.05, 3.63) is 59.9 Å². The molecule has 0 aliphatic rings. The summed E-state index contributed by atoms with van der Waals surface area (Å²) in [6.07, 6.45) is 1.14. The summed E-state index contributed by atoms with van der Waals surface area (Å²) in [5.41, 5.74) is 1.28. The van der Waals surface area contributed by atoms with E-state index in [4.69, 9.17) is 0 Å². The monoisotopic (exact) mass is 289 g/mol. The summed E-state index contributed by atoms with van der Waals surface area (Å²) in [5.74, 6) is -0.191. The van der Waals surface area contributed by atoms with E-state index < -0.39 is 0 Å². The molecule has 1 N–H and O–H groups in total. The van der Waals surface area contributed by atoms with E-state index in [9.17, 15) is 4.39 Å². The molecule has 0 aliphatic carbocycles. The number of halogens is 1. The lowest BCUT2D eigenvalue weighted by molar-refractivity contribution is 0.570. The van der Waals surface area contributed by atoms with Crippen LogP contribution in [0.4, 0.5) is 4.39 Å². The third-order valence-corrected chi connectivity index (χ3v) is 4.11. The van der Waals surface area contributed by atoms with Gasteiger partial charge in [-0.25, -0.2) is 4.39 Å². The van der Waals surface area contributed by atoms with Crippen LogP contribution in [0.25, 0.3) is 0 Å². The minimum Gasteiger partial charge on any atom is -0.310 e. The Morgan fingerprint density at radius 3 is 2.50 bits per heavy atom. The number of hydrogen-bond acceptors (Lipinski definition) is 2. The summed E-state index contributed by atoms with van der Waals surface area (Å²) in [6.45, 7) is 5.36. The van der Waals surface area contributed by atoms with Gasteiger partial charge in [0.15, 0.2) is 0 Å². The van der Waals surface area contributed by atoms with Crippen molar-refractivity contribution >= 4 is 11.8 Å². The van der Waals surface area contributed by atoms with Crippen LogP contribution in [0.3, 0.4) is 0 Å². The highest BCUT2D eigenvalue weighted by atomic mass is 32.2. The maximum atomic E-state index is 13.1. The fourth-order valence-electron chi connectivity index (χ4n) is 1.97. The predicted octanol–water partition coefficient (Wildman–Crippen LogP) is 5.04. The van der Waals surface area contributed by atoms with Crippen LogP contribution in [0.5, 0.6) is 0 Å². The standard InChI is InChI=1S/C17H20FNS/c1-3-11-19-13(2)14-7-9-16(10-8-14)20-17-6-4-5-15(18)12-17/h4-10,12-13,19H,3,11H2,1-2H3. The summed E-state index contributed by atoms with van der Waals surface area (Å²) in [7, 11) is 0. The molecule has 106 valence electrons. The van der Waals surface area contributed by atoms with Crippen molar-refractivity contribution in [2.24, 2.45) is 0 Å². The molecule has 2 aromatic rings. The Bertz CT molecular complexity index is 539. The third-order valence-electron chi connectivity index (χ3n) is 3.11. The lowest BCUT2D eigenvalue weighted by Crippen LogP contribution is -2.19. The second kappa shape index (κ2) is 7.46. The lowest BCUT2D eigenvalue weighted by atomic mass is 10.1. The summed E-state index contributed by atoms with van der Waals surface area (Å²) >= 11 is 1.58. The molecule has 1 nitrogen and oxygen atoms in total. The molecule has 0 bridgehead atoms. The van der Waals surface area contributed by atoms with Gasteiger partial charge in [0.25, 0.3) is 0 Å². The van der Waals surface area contributed by atoms with Crippen molar-refractivity contribution in [2.45, 2.75) is 36.1 Å². The molecule has 2 rings (SSSR count). The van der Waals surface area contributed by atoms with Gasteiger partial charge < -0.3 is 5.32 Å². The van der Waals surface area contributed by atoms with Crippen molar-refractivity contribution in [3.63, 3.8) is 0 Å². The van der Waals surface area contributed by atoms with Gasteiger partial charge in [-0.2, -0.15) is 0 Å². The normalized spacial score (nSPS) is 12.3. The molecule has 0 aromatic heterocycles. The summed E-state index contributed by atoms with van der Waals surface area (Å²) in [5, 5.41) is 3.47. The Balaban J connectivity index is 2.01. The molecule has 3 heteroatoms. The molecular weight excluding hydrogens is 269 g/mol. The molecule has 1 atom stereocenters. The highest BCUT2D eigenvalue weighted by Gasteiger charge is 2.04. The predicted molar refractivity (Wildman–Crippen MR) is 83.7 cm³/mol. The van der Waals surface area contributed by atoms with Gasteiger partial charge in [-0.1, -0.05) is 36.9 Å². The van der Waals surface area contributed by atoms with E-state index in [0.29, 0.717) is 6.04 Å². The molecule has 0 aliphatic heterocycles. The van der Waals surface area contributed by atoms with Crippen LogP contribution in [0.2, 0.25) is 0 Å². The van der Waals surface area contributed by atoms with Crippen molar-refractivity contribution in [1.82, 2.24) is 5.32 Å². The van der Waals surface area contributed by atoms with Crippen LogP contribution in [-0.2, 0) is 0 Å². The molecular formula is C17H20FNS. The molecule has 0 amide bonds. The summed E-state index contributed by atoms with van der Waals surface area (Å²) in [4.78, 5) is 2.05. The van der Waals surface area contributed by atoms with E-state index in [2.05, 4.69) is 43.4 Å². The largest absolute Gasteiger partial charge is 0.310 e. The Kier molecular flexibility index (Phi) is 5.62. The topological polar surface area (TPSA) is 12.0 Å². The van der Waals surface area contributed by atoms with Gasteiger partial charge in [0.1, 0.15) is 5.82 Å². The van der Waals surface area contributed by atoms with Crippen LogP contribution < -0.4 is 5.32 Å². The SMILES string of the molecule is CCCNC(C)c1ccc(Sc2cccc(F)c2)cc1. The minimum absolute atomic E-state index is 0.191. The Labute approximate surface area is 124 Å². The van der Waals surface area contributed by atoms with E-state index in [-0.39, 0.29) is 5.82 Å². The molecule has 0 saturated carbocycles. The van der Waals surface area contributed by atoms with Gasteiger partial charge in [0.2, 0.25) is 0 Å². The van der Waals surface area contributed by atoms with E-state index in [1.54, 1.807) is 23.9 Å². The van der Waals surface area contributed by atoms with Crippen LogP contribution in [-0.4, -0.2) is 6.54 Å². The lowest BCUT2D eigenvalue weighted by Gasteiger charge is -2.14. The van der Waals surface area contributed by atoms with Crippen molar-refractivity contribution in [2.75, 3.05) is 6.54 Å². The quantitative estimate of drug-likeness (QED) is 0.799. The fourth-order valence-corrected chi connectivity index (χ4v) is 2.83. The zero-order chi connectivity index (χ0) is 14.4. The highest BCUT2D eigenvalue weighted by molar-refractivity contribution is 7.99. The molecule has 0 fully saturated rings. The maximum absolute atomic E-state index is 13.1. The van der Waals surface area contributed by atoms with Crippen molar-refractivity contribution in [3.8, 4) is 0 Å². The van der Waals surface area contributed by atoms with Gasteiger partial charge in [-0.3, -0.25) is 0 Å². The van der Waals surface area contributed by atoms with E-state index >= 15 is 0 Å². The average Bonchev–Trinajstić information content (AvgIpc) is 2.45.